The lowest BCUT2D eigenvalue weighted by molar-refractivity contribution is -0.133. The van der Waals surface area contributed by atoms with Gasteiger partial charge in [0.2, 0.25) is 5.91 Å². The van der Waals surface area contributed by atoms with E-state index in [0.29, 0.717) is 17.9 Å². The molecule has 4 nitrogen and oxygen atoms in total. The van der Waals surface area contributed by atoms with Crippen LogP contribution in [0.5, 0.6) is 0 Å². The molecule has 1 atom stereocenters. The van der Waals surface area contributed by atoms with Crippen molar-refractivity contribution in [3.05, 3.63) is 52.8 Å². The maximum atomic E-state index is 12.6. The summed E-state index contributed by atoms with van der Waals surface area (Å²) in [5.41, 5.74) is 2.08. The van der Waals surface area contributed by atoms with E-state index in [1.807, 2.05) is 49.5 Å². The van der Waals surface area contributed by atoms with Crippen LogP contribution in [0.4, 0.5) is 0 Å². The number of nitrogens with zero attached hydrogens (tertiary/aromatic N) is 3. The van der Waals surface area contributed by atoms with Gasteiger partial charge in [0.1, 0.15) is 0 Å². The van der Waals surface area contributed by atoms with Crippen LogP contribution in [0.2, 0.25) is 5.02 Å². The molecule has 0 aliphatic heterocycles. The molecular weight excluding hydrogens is 310 g/mol. The van der Waals surface area contributed by atoms with Gasteiger partial charge in [-0.25, -0.2) is 0 Å². The maximum absolute atomic E-state index is 12.6. The third kappa shape index (κ3) is 4.35. The molecular formula is C18H24ClN3O. The molecule has 0 fully saturated rings. The summed E-state index contributed by atoms with van der Waals surface area (Å²) in [7, 11) is 3.74. The average molecular weight is 334 g/mol. The van der Waals surface area contributed by atoms with E-state index in [9.17, 15) is 4.79 Å². The van der Waals surface area contributed by atoms with Crippen LogP contribution in [-0.2, 0) is 18.3 Å². The summed E-state index contributed by atoms with van der Waals surface area (Å²) < 4.78 is 1.75. The number of benzene rings is 1. The van der Waals surface area contributed by atoms with Crippen molar-refractivity contribution in [1.82, 2.24) is 14.7 Å². The van der Waals surface area contributed by atoms with Crippen LogP contribution in [-0.4, -0.2) is 27.6 Å². The van der Waals surface area contributed by atoms with Gasteiger partial charge in [-0.15, -0.1) is 0 Å². The molecule has 0 N–H and O–H groups in total. The van der Waals surface area contributed by atoms with Crippen LogP contribution < -0.4 is 0 Å². The van der Waals surface area contributed by atoms with Crippen LogP contribution in [0.15, 0.2) is 36.7 Å². The Morgan fingerprint density at radius 2 is 2.04 bits per heavy atom. The van der Waals surface area contributed by atoms with Gasteiger partial charge in [-0.2, -0.15) is 5.10 Å². The third-order valence-corrected chi connectivity index (χ3v) is 4.40. The quantitative estimate of drug-likeness (QED) is 0.805. The SMILES string of the molecule is CC(C)[C@@H](c1ccccc1Cl)N(C)C(=O)CCc1cnn(C)c1. The van der Waals surface area contributed by atoms with Gasteiger partial charge in [-0.1, -0.05) is 43.6 Å². The number of aromatic nitrogens is 2. The zero-order valence-electron chi connectivity index (χ0n) is 14.2. The Labute approximate surface area is 143 Å². The van der Waals surface area contributed by atoms with Crippen molar-refractivity contribution in [3.63, 3.8) is 0 Å². The third-order valence-electron chi connectivity index (χ3n) is 4.05. The predicted octanol–water partition coefficient (Wildman–Crippen LogP) is 3.86. The van der Waals surface area contributed by atoms with E-state index in [1.54, 1.807) is 10.9 Å². The summed E-state index contributed by atoms with van der Waals surface area (Å²) in [5.74, 6) is 0.398. The van der Waals surface area contributed by atoms with Crippen LogP contribution in [0.1, 0.15) is 37.4 Å². The van der Waals surface area contributed by atoms with Gasteiger partial charge in [0.25, 0.3) is 0 Å². The molecule has 5 heteroatoms. The summed E-state index contributed by atoms with van der Waals surface area (Å²) >= 11 is 6.34. The maximum Gasteiger partial charge on any atom is 0.223 e. The Morgan fingerprint density at radius 1 is 1.35 bits per heavy atom. The minimum absolute atomic E-state index is 0.0231. The Hall–Kier alpha value is -1.81. The van der Waals surface area contributed by atoms with Gasteiger partial charge in [0.15, 0.2) is 0 Å². The summed E-state index contributed by atoms with van der Waals surface area (Å²) in [6.45, 7) is 4.22. The first-order valence-electron chi connectivity index (χ1n) is 7.87. The minimum Gasteiger partial charge on any atom is -0.338 e. The van der Waals surface area contributed by atoms with Crippen molar-refractivity contribution in [3.8, 4) is 0 Å². The highest BCUT2D eigenvalue weighted by atomic mass is 35.5. The van der Waals surface area contributed by atoms with Gasteiger partial charge >= 0.3 is 0 Å². The molecule has 1 aromatic heterocycles. The normalized spacial score (nSPS) is 12.4. The fraction of sp³-hybridized carbons (Fsp3) is 0.444. The van der Waals surface area contributed by atoms with E-state index in [4.69, 9.17) is 11.6 Å². The highest BCUT2D eigenvalue weighted by Crippen LogP contribution is 2.32. The van der Waals surface area contributed by atoms with E-state index in [1.165, 1.54) is 0 Å². The second kappa shape index (κ2) is 7.64. The van der Waals surface area contributed by atoms with Gasteiger partial charge in [0, 0.05) is 31.7 Å². The molecule has 0 spiro atoms. The molecule has 1 heterocycles. The molecule has 2 aromatic rings. The number of amides is 1. The fourth-order valence-corrected chi connectivity index (χ4v) is 3.16. The molecule has 0 aliphatic carbocycles. The Kier molecular flexibility index (Phi) is 5.83. The van der Waals surface area contributed by atoms with Gasteiger partial charge in [-0.05, 0) is 29.5 Å². The second-order valence-corrected chi connectivity index (χ2v) is 6.64. The molecule has 2 rings (SSSR count). The van der Waals surface area contributed by atoms with Crippen LogP contribution in [0, 0.1) is 5.92 Å². The summed E-state index contributed by atoms with van der Waals surface area (Å²) in [4.78, 5) is 14.4. The highest BCUT2D eigenvalue weighted by molar-refractivity contribution is 6.31. The molecule has 0 unspecified atom stereocenters. The second-order valence-electron chi connectivity index (χ2n) is 6.24. The first-order valence-corrected chi connectivity index (χ1v) is 8.25. The molecule has 0 saturated heterocycles. The molecule has 1 amide bonds. The van der Waals surface area contributed by atoms with E-state index < -0.39 is 0 Å². The van der Waals surface area contributed by atoms with Gasteiger partial charge in [0.05, 0.1) is 12.2 Å². The number of aryl methyl sites for hydroxylation is 2. The monoisotopic (exact) mass is 333 g/mol. The minimum atomic E-state index is -0.0231. The zero-order chi connectivity index (χ0) is 17.0. The van der Waals surface area contributed by atoms with E-state index in [0.717, 1.165) is 11.1 Å². The van der Waals surface area contributed by atoms with Gasteiger partial charge < -0.3 is 4.90 Å². The van der Waals surface area contributed by atoms with Gasteiger partial charge in [-0.3, -0.25) is 9.48 Å². The lowest BCUT2D eigenvalue weighted by atomic mass is 9.94. The summed E-state index contributed by atoms with van der Waals surface area (Å²) in [6, 6.07) is 7.72. The molecule has 0 saturated carbocycles. The number of halogens is 1. The summed E-state index contributed by atoms with van der Waals surface area (Å²) in [6.07, 6.45) is 4.92. The topological polar surface area (TPSA) is 38.1 Å². The first-order chi connectivity index (χ1) is 10.9. The van der Waals surface area contributed by atoms with E-state index in [2.05, 4.69) is 18.9 Å². The number of hydrogen-bond donors (Lipinski definition) is 0. The molecule has 0 radical (unpaired) electrons. The van der Waals surface area contributed by atoms with Crippen LogP contribution in [0.25, 0.3) is 0 Å². The number of carbonyl (C=O) groups excluding carboxylic acids is 1. The zero-order valence-corrected chi connectivity index (χ0v) is 14.9. The molecule has 23 heavy (non-hydrogen) atoms. The molecule has 0 aliphatic rings. The lowest BCUT2D eigenvalue weighted by Crippen LogP contribution is -2.34. The number of hydrogen-bond acceptors (Lipinski definition) is 2. The van der Waals surface area contributed by atoms with Crippen LogP contribution >= 0.6 is 11.6 Å². The van der Waals surface area contributed by atoms with Crippen molar-refractivity contribution in [1.29, 1.82) is 0 Å². The predicted molar refractivity (Wildman–Crippen MR) is 93.3 cm³/mol. The van der Waals surface area contributed by atoms with Crippen LogP contribution in [0.3, 0.4) is 0 Å². The smallest absolute Gasteiger partial charge is 0.223 e. The highest BCUT2D eigenvalue weighted by Gasteiger charge is 2.26. The van der Waals surface area contributed by atoms with Crippen molar-refractivity contribution >= 4 is 17.5 Å². The van der Waals surface area contributed by atoms with Crippen molar-refractivity contribution in [2.45, 2.75) is 32.7 Å². The standard InChI is InChI=1S/C18H24ClN3O/c1-13(2)18(15-7-5-6-8-16(15)19)22(4)17(23)10-9-14-11-20-21(3)12-14/h5-8,11-13,18H,9-10H2,1-4H3/t18-/m0/s1. The van der Waals surface area contributed by atoms with Crippen molar-refractivity contribution < 1.29 is 4.79 Å². The lowest BCUT2D eigenvalue weighted by Gasteiger charge is -2.32. The Morgan fingerprint density at radius 3 is 2.61 bits per heavy atom. The number of rotatable bonds is 6. The molecule has 0 bridgehead atoms. The summed E-state index contributed by atoms with van der Waals surface area (Å²) in [5, 5.41) is 4.84. The first kappa shape index (κ1) is 17.5. The number of carbonyl (C=O) groups is 1. The van der Waals surface area contributed by atoms with Crippen molar-refractivity contribution in [2.24, 2.45) is 13.0 Å². The molecule has 1 aromatic carbocycles. The van der Waals surface area contributed by atoms with Crippen molar-refractivity contribution in [2.75, 3.05) is 7.05 Å². The van der Waals surface area contributed by atoms with E-state index in [-0.39, 0.29) is 17.9 Å². The van der Waals surface area contributed by atoms with E-state index >= 15 is 0 Å². The largest absolute Gasteiger partial charge is 0.338 e. The Balaban J connectivity index is 2.09. The fourth-order valence-electron chi connectivity index (χ4n) is 2.91. The Bertz CT molecular complexity index is 666. The average Bonchev–Trinajstić information content (AvgIpc) is 2.92. The molecule has 124 valence electrons.